The molecule has 0 atom stereocenters. The maximum atomic E-state index is 12.9. The van der Waals surface area contributed by atoms with Crippen LogP contribution in [0, 0.1) is 0 Å². The average Bonchev–Trinajstić information content (AvgIpc) is 3.35. The fourth-order valence-electron chi connectivity index (χ4n) is 7.08. The van der Waals surface area contributed by atoms with Gasteiger partial charge in [0.2, 0.25) is 0 Å². The summed E-state index contributed by atoms with van der Waals surface area (Å²) in [4.78, 5) is 50.9. The molecule has 0 fully saturated rings. The molecule has 0 saturated carbocycles. The van der Waals surface area contributed by atoms with E-state index in [1.54, 1.807) is 30.4 Å². The van der Waals surface area contributed by atoms with Gasteiger partial charge in [-0.2, -0.15) is 0 Å². The molecule has 0 N–H and O–H groups in total. The van der Waals surface area contributed by atoms with Crippen LogP contribution in [-0.4, -0.2) is 37.1 Å². The van der Waals surface area contributed by atoms with Crippen molar-refractivity contribution in [1.82, 2.24) is 0 Å². The maximum absolute atomic E-state index is 12.9. The predicted molar refractivity (Wildman–Crippen MR) is 268 cm³/mol. The Bertz CT molecular complexity index is 2170. The Kier molecular flexibility index (Phi) is 23.2. The molecule has 0 aliphatic rings. The lowest BCUT2D eigenvalue weighted by Gasteiger charge is -2.08. The molecule has 0 aliphatic carbocycles. The van der Waals surface area contributed by atoms with E-state index < -0.39 is 23.9 Å². The highest BCUT2D eigenvalue weighted by Crippen LogP contribution is 2.24. The Morgan fingerprint density at radius 2 is 0.706 bits per heavy atom. The molecular weight excluding hydrogens is 857 g/mol. The number of ether oxygens (including phenoxy) is 6. The van der Waals surface area contributed by atoms with Gasteiger partial charge in [-0.1, -0.05) is 134 Å². The second kappa shape index (κ2) is 30.4. The minimum Gasteiger partial charge on any atom is -0.494 e. The molecular formula is C58H66O10. The zero-order valence-electron chi connectivity index (χ0n) is 39.7. The monoisotopic (exact) mass is 922 g/mol. The number of hydrogen-bond donors (Lipinski definition) is 0. The summed E-state index contributed by atoms with van der Waals surface area (Å²) in [6.07, 6.45) is 26.0. The number of unbranched alkanes of at least 4 members (excludes halogenated alkanes) is 14. The molecule has 0 amide bonds. The van der Waals surface area contributed by atoms with Gasteiger partial charge in [-0.3, -0.25) is 0 Å². The average molecular weight is 923 g/mol. The summed E-state index contributed by atoms with van der Waals surface area (Å²) in [5.74, 6) is -0.0763. The van der Waals surface area contributed by atoms with Gasteiger partial charge in [-0.25, -0.2) is 19.2 Å². The topological polar surface area (TPSA) is 124 Å². The molecule has 68 heavy (non-hydrogen) atoms. The first-order valence-electron chi connectivity index (χ1n) is 24.3. The highest BCUT2D eigenvalue weighted by Gasteiger charge is 2.14. The molecule has 10 nitrogen and oxygen atoms in total. The molecule has 10 heteroatoms. The van der Waals surface area contributed by atoms with Crippen molar-refractivity contribution in [3.8, 4) is 34.5 Å². The Hall–Kier alpha value is -6.94. The van der Waals surface area contributed by atoms with E-state index in [1.165, 1.54) is 157 Å². The Morgan fingerprint density at radius 1 is 0.368 bits per heavy atom. The first-order chi connectivity index (χ1) is 33.3. The SMILES string of the molecule is CCCCCCCCCCOc1ccc(/C=C/C(=O)Oc2ccc(C(=O)Oc3cccc(OC(=O)c4ccc(OC(=O)/C=C/c5ccc(OCCCCCCCCCC)cc5)cc4)c3)cc2)cc1. The Labute approximate surface area is 402 Å². The minimum absolute atomic E-state index is 0.151. The van der Waals surface area contributed by atoms with E-state index in [1.807, 2.05) is 48.5 Å². The summed E-state index contributed by atoms with van der Waals surface area (Å²) < 4.78 is 33.6. The number of carbonyl (C=O) groups excluding carboxylic acids is 4. The van der Waals surface area contributed by atoms with Crippen LogP contribution >= 0.6 is 0 Å². The maximum Gasteiger partial charge on any atom is 0.343 e. The Balaban J connectivity index is 0.981. The number of esters is 4. The molecule has 0 aliphatic heterocycles. The van der Waals surface area contributed by atoms with Crippen molar-refractivity contribution < 1.29 is 47.6 Å². The lowest BCUT2D eigenvalue weighted by molar-refractivity contribution is -0.129. The molecule has 5 aromatic rings. The highest BCUT2D eigenvalue weighted by atomic mass is 16.6. The standard InChI is InChI=1S/C58H66O10/c1-3-5-7-9-11-13-15-17-42-63-49-32-22-45(23-33-49)26-40-55(59)65-51-36-28-47(29-37-51)57(61)67-53-20-19-21-54(44-53)68-58(62)48-30-38-52(39-31-48)66-56(60)41-27-46-24-34-50(35-25-46)64-43-18-16-14-12-10-8-6-4-2/h19-41,44H,3-18,42-43H2,1-2H3/b40-26+,41-27+. The second-order valence-electron chi connectivity index (χ2n) is 16.6. The first kappa shape index (κ1) is 52.0. The third-order valence-corrected chi connectivity index (χ3v) is 11.0. The van der Waals surface area contributed by atoms with Crippen LogP contribution in [-0.2, 0) is 9.59 Å². The quantitative estimate of drug-likeness (QED) is 0.0190. The van der Waals surface area contributed by atoms with E-state index >= 15 is 0 Å². The number of benzene rings is 5. The largest absolute Gasteiger partial charge is 0.494 e. The number of rotatable bonds is 30. The first-order valence-corrected chi connectivity index (χ1v) is 24.3. The van der Waals surface area contributed by atoms with Crippen molar-refractivity contribution in [3.63, 3.8) is 0 Å². The fraction of sp³-hybridized carbons (Fsp3) is 0.345. The third kappa shape index (κ3) is 20.3. The van der Waals surface area contributed by atoms with Crippen LogP contribution < -0.4 is 28.4 Å². The summed E-state index contributed by atoms with van der Waals surface area (Å²) >= 11 is 0. The summed E-state index contributed by atoms with van der Waals surface area (Å²) in [6.45, 7) is 5.84. The summed E-state index contributed by atoms with van der Waals surface area (Å²) in [5.41, 5.74) is 2.08. The lowest BCUT2D eigenvalue weighted by Crippen LogP contribution is -2.10. The van der Waals surface area contributed by atoms with E-state index in [-0.39, 0.29) is 34.1 Å². The van der Waals surface area contributed by atoms with Gasteiger partial charge in [-0.15, -0.1) is 0 Å². The smallest absolute Gasteiger partial charge is 0.343 e. The van der Waals surface area contributed by atoms with E-state index in [2.05, 4.69) is 13.8 Å². The van der Waals surface area contributed by atoms with Crippen LogP contribution in [0.25, 0.3) is 12.2 Å². The van der Waals surface area contributed by atoms with Gasteiger partial charge in [0.05, 0.1) is 24.3 Å². The van der Waals surface area contributed by atoms with Crippen molar-refractivity contribution in [2.45, 2.75) is 117 Å². The molecule has 0 saturated heterocycles. The molecule has 0 spiro atoms. The van der Waals surface area contributed by atoms with Crippen molar-refractivity contribution >= 4 is 36.0 Å². The molecule has 5 rings (SSSR count). The van der Waals surface area contributed by atoms with Crippen molar-refractivity contribution in [2.24, 2.45) is 0 Å². The molecule has 0 unspecified atom stereocenters. The summed E-state index contributed by atoms with van der Waals surface area (Å²) in [7, 11) is 0. The highest BCUT2D eigenvalue weighted by molar-refractivity contribution is 5.93. The predicted octanol–water partition coefficient (Wildman–Crippen LogP) is 14.4. The van der Waals surface area contributed by atoms with E-state index in [9.17, 15) is 19.2 Å². The van der Waals surface area contributed by atoms with Gasteiger partial charge in [-0.05, 0) is 121 Å². The van der Waals surface area contributed by atoms with E-state index in [4.69, 9.17) is 28.4 Å². The Morgan fingerprint density at radius 3 is 1.07 bits per heavy atom. The summed E-state index contributed by atoms with van der Waals surface area (Å²) in [5, 5.41) is 0. The van der Waals surface area contributed by atoms with Crippen molar-refractivity contribution in [1.29, 1.82) is 0 Å². The fourth-order valence-corrected chi connectivity index (χ4v) is 7.08. The van der Waals surface area contributed by atoms with Crippen LogP contribution in [0.4, 0.5) is 0 Å². The van der Waals surface area contributed by atoms with Crippen molar-refractivity contribution in [2.75, 3.05) is 13.2 Å². The van der Waals surface area contributed by atoms with Gasteiger partial charge in [0.25, 0.3) is 0 Å². The van der Waals surface area contributed by atoms with Crippen LogP contribution in [0.1, 0.15) is 148 Å². The molecule has 0 heterocycles. The lowest BCUT2D eigenvalue weighted by atomic mass is 10.1. The molecule has 358 valence electrons. The normalized spacial score (nSPS) is 11.1. The second-order valence-corrected chi connectivity index (χ2v) is 16.6. The van der Waals surface area contributed by atoms with Crippen LogP contribution in [0.3, 0.4) is 0 Å². The van der Waals surface area contributed by atoms with Gasteiger partial charge >= 0.3 is 23.9 Å². The molecule has 0 aromatic heterocycles. The van der Waals surface area contributed by atoms with Crippen LogP contribution in [0.5, 0.6) is 34.5 Å². The third-order valence-electron chi connectivity index (χ3n) is 11.0. The number of hydrogen-bond acceptors (Lipinski definition) is 10. The van der Waals surface area contributed by atoms with Crippen molar-refractivity contribution in [3.05, 3.63) is 156 Å². The zero-order valence-corrected chi connectivity index (χ0v) is 39.7. The minimum atomic E-state index is -0.663. The van der Waals surface area contributed by atoms with Crippen LogP contribution in [0.2, 0.25) is 0 Å². The van der Waals surface area contributed by atoms with Gasteiger partial charge in [0, 0.05) is 18.2 Å². The van der Waals surface area contributed by atoms with E-state index in [0.29, 0.717) is 13.2 Å². The van der Waals surface area contributed by atoms with Gasteiger partial charge in [0.15, 0.2) is 0 Å². The van der Waals surface area contributed by atoms with E-state index in [0.717, 1.165) is 35.5 Å². The zero-order chi connectivity index (χ0) is 48.0. The number of carbonyl (C=O) groups is 4. The van der Waals surface area contributed by atoms with Gasteiger partial charge < -0.3 is 28.4 Å². The van der Waals surface area contributed by atoms with Crippen LogP contribution in [0.15, 0.2) is 133 Å². The summed E-state index contributed by atoms with van der Waals surface area (Å²) in [6, 6.07) is 33.1. The molecule has 0 bridgehead atoms. The van der Waals surface area contributed by atoms with Gasteiger partial charge in [0.1, 0.15) is 34.5 Å². The molecule has 0 radical (unpaired) electrons. The molecule has 5 aromatic carbocycles.